The van der Waals surface area contributed by atoms with E-state index < -0.39 is 5.91 Å². The van der Waals surface area contributed by atoms with Crippen LogP contribution >= 0.6 is 0 Å². The van der Waals surface area contributed by atoms with E-state index in [1.807, 2.05) is 30.3 Å². The Kier molecular flexibility index (Phi) is 5.91. The Bertz CT molecular complexity index is 1020. The van der Waals surface area contributed by atoms with Crippen LogP contribution < -0.4 is 10.6 Å². The van der Waals surface area contributed by atoms with Gasteiger partial charge in [0.1, 0.15) is 5.69 Å². The zero-order valence-electron chi connectivity index (χ0n) is 15.3. The highest BCUT2D eigenvalue weighted by Gasteiger charge is 2.13. The molecule has 0 saturated carbocycles. The fraction of sp³-hybridized carbons (Fsp3) is 0.0909. The van der Waals surface area contributed by atoms with Gasteiger partial charge in [0.25, 0.3) is 11.8 Å². The number of carbonyl (C=O) groups excluding carboxylic acids is 3. The van der Waals surface area contributed by atoms with E-state index in [1.54, 1.807) is 30.3 Å². The van der Waals surface area contributed by atoms with Crippen molar-refractivity contribution >= 4 is 23.3 Å². The van der Waals surface area contributed by atoms with Gasteiger partial charge < -0.3 is 10.6 Å². The first kappa shape index (κ1) is 19.0. The molecular weight excluding hydrogens is 354 g/mol. The van der Waals surface area contributed by atoms with E-state index in [4.69, 9.17) is 0 Å². The van der Waals surface area contributed by atoms with Gasteiger partial charge in [-0.25, -0.2) is 0 Å². The quantitative estimate of drug-likeness (QED) is 0.648. The number of aromatic nitrogens is 1. The largest absolute Gasteiger partial charge is 0.348 e. The number of Topliss-reactive ketones (excluding diaryl/α,β-unsaturated/α-hetero) is 1. The van der Waals surface area contributed by atoms with E-state index in [-0.39, 0.29) is 17.4 Å². The zero-order valence-corrected chi connectivity index (χ0v) is 15.3. The van der Waals surface area contributed by atoms with Gasteiger partial charge >= 0.3 is 0 Å². The third kappa shape index (κ3) is 4.88. The van der Waals surface area contributed by atoms with Crippen LogP contribution in [0.3, 0.4) is 0 Å². The lowest BCUT2D eigenvalue weighted by molar-refractivity contribution is 0.0949. The molecule has 0 atom stereocenters. The van der Waals surface area contributed by atoms with Crippen LogP contribution in [0, 0.1) is 0 Å². The molecule has 1 heterocycles. The molecule has 0 aliphatic carbocycles. The standard InChI is InChI=1S/C22H19N3O3/c1-15(26)17-8-5-9-19(12-17)25-22(28)20-13-18(10-11-23-20)21(27)24-14-16-6-3-2-4-7-16/h2-13H,14H2,1H3,(H,24,27)(H,25,28). The van der Waals surface area contributed by atoms with Crippen LogP contribution in [0.15, 0.2) is 72.9 Å². The molecule has 6 heteroatoms. The summed E-state index contributed by atoms with van der Waals surface area (Å²) >= 11 is 0. The van der Waals surface area contributed by atoms with Crippen LogP contribution in [-0.2, 0) is 6.54 Å². The zero-order chi connectivity index (χ0) is 19.9. The minimum atomic E-state index is -0.460. The van der Waals surface area contributed by atoms with Crippen LogP contribution in [0.4, 0.5) is 5.69 Å². The highest BCUT2D eigenvalue weighted by Crippen LogP contribution is 2.13. The maximum atomic E-state index is 12.5. The van der Waals surface area contributed by atoms with E-state index in [0.717, 1.165) is 5.56 Å². The molecule has 6 nitrogen and oxygen atoms in total. The van der Waals surface area contributed by atoms with Crippen molar-refractivity contribution in [3.8, 4) is 0 Å². The summed E-state index contributed by atoms with van der Waals surface area (Å²) in [6, 6.07) is 19.2. The Labute approximate surface area is 162 Å². The van der Waals surface area contributed by atoms with Gasteiger partial charge in [-0.3, -0.25) is 19.4 Å². The van der Waals surface area contributed by atoms with Gasteiger partial charge in [0.05, 0.1) is 0 Å². The predicted molar refractivity (Wildman–Crippen MR) is 106 cm³/mol. The van der Waals surface area contributed by atoms with Crippen LogP contribution in [0.1, 0.15) is 43.7 Å². The van der Waals surface area contributed by atoms with Gasteiger partial charge in [0.15, 0.2) is 5.78 Å². The molecule has 2 N–H and O–H groups in total. The molecule has 140 valence electrons. The van der Waals surface area contributed by atoms with Crippen molar-refractivity contribution in [3.05, 3.63) is 95.3 Å². The minimum Gasteiger partial charge on any atom is -0.348 e. The monoisotopic (exact) mass is 373 g/mol. The molecular formula is C22H19N3O3. The van der Waals surface area contributed by atoms with Crippen molar-refractivity contribution in [2.45, 2.75) is 13.5 Å². The van der Waals surface area contributed by atoms with Crippen LogP contribution in [0.2, 0.25) is 0 Å². The number of amides is 2. The molecule has 3 aromatic rings. The van der Waals surface area contributed by atoms with Crippen molar-refractivity contribution in [2.75, 3.05) is 5.32 Å². The average Bonchev–Trinajstić information content (AvgIpc) is 2.73. The lowest BCUT2D eigenvalue weighted by Gasteiger charge is -2.08. The number of hydrogen-bond acceptors (Lipinski definition) is 4. The van der Waals surface area contributed by atoms with Crippen LogP contribution in [0.5, 0.6) is 0 Å². The summed E-state index contributed by atoms with van der Waals surface area (Å²) in [4.78, 5) is 40.3. The Morgan fingerprint density at radius 1 is 0.857 bits per heavy atom. The van der Waals surface area contributed by atoms with Gasteiger partial charge in [0.2, 0.25) is 0 Å². The third-order valence-electron chi connectivity index (χ3n) is 4.08. The van der Waals surface area contributed by atoms with E-state index in [9.17, 15) is 14.4 Å². The number of carbonyl (C=O) groups is 3. The first-order chi connectivity index (χ1) is 13.5. The van der Waals surface area contributed by atoms with Crippen LogP contribution in [0.25, 0.3) is 0 Å². The molecule has 28 heavy (non-hydrogen) atoms. The summed E-state index contributed by atoms with van der Waals surface area (Å²) in [5.41, 5.74) is 2.42. The summed E-state index contributed by atoms with van der Waals surface area (Å²) in [6.45, 7) is 1.85. The molecule has 0 spiro atoms. The molecule has 0 fully saturated rings. The number of rotatable bonds is 6. The molecule has 0 aliphatic heterocycles. The minimum absolute atomic E-state index is 0.0914. The number of anilines is 1. The molecule has 1 aromatic heterocycles. The topological polar surface area (TPSA) is 88.2 Å². The second-order valence-corrected chi connectivity index (χ2v) is 6.19. The van der Waals surface area contributed by atoms with Gasteiger partial charge in [0, 0.05) is 29.6 Å². The smallest absolute Gasteiger partial charge is 0.274 e. The lowest BCUT2D eigenvalue weighted by atomic mass is 10.1. The Hall–Kier alpha value is -3.80. The average molecular weight is 373 g/mol. The molecule has 2 aromatic carbocycles. The molecule has 0 aliphatic rings. The summed E-state index contributed by atoms with van der Waals surface area (Å²) in [5, 5.41) is 5.51. The third-order valence-corrected chi connectivity index (χ3v) is 4.08. The normalized spacial score (nSPS) is 10.2. The van der Waals surface area contributed by atoms with Gasteiger partial charge in [-0.1, -0.05) is 42.5 Å². The molecule has 0 bridgehead atoms. The van der Waals surface area contributed by atoms with E-state index in [1.165, 1.54) is 19.2 Å². The van der Waals surface area contributed by atoms with Crippen molar-refractivity contribution in [1.29, 1.82) is 0 Å². The van der Waals surface area contributed by atoms with Crippen LogP contribution in [-0.4, -0.2) is 22.6 Å². The van der Waals surface area contributed by atoms with Crippen molar-refractivity contribution < 1.29 is 14.4 Å². The SMILES string of the molecule is CC(=O)c1cccc(NC(=O)c2cc(C(=O)NCc3ccccc3)ccn2)c1. The van der Waals surface area contributed by atoms with Gasteiger partial charge in [-0.15, -0.1) is 0 Å². The fourth-order valence-electron chi connectivity index (χ4n) is 2.59. The Morgan fingerprint density at radius 2 is 1.64 bits per heavy atom. The summed E-state index contributed by atoms with van der Waals surface area (Å²) in [6.07, 6.45) is 1.42. The van der Waals surface area contributed by atoms with Crippen molar-refractivity contribution in [1.82, 2.24) is 10.3 Å². The van der Waals surface area contributed by atoms with E-state index >= 15 is 0 Å². The maximum Gasteiger partial charge on any atom is 0.274 e. The maximum absolute atomic E-state index is 12.5. The molecule has 0 saturated heterocycles. The predicted octanol–water partition coefficient (Wildman–Crippen LogP) is 3.47. The highest BCUT2D eigenvalue weighted by atomic mass is 16.2. The van der Waals surface area contributed by atoms with Gasteiger partial charge in [-0.05, 0) is 36.8 Å². The first-order valence-corrected chi connectivity index (χ1v) is 8.73. The molecule has 2 amide bonds. The summed E-state index contributed by atoms with van der Waals surface area (Å²) in [5.74, 6) is -0.844. The number of hydrogen-bond donors (Lipinski definition) is 2. The molecule has 3 rings (SSSR count). The summed E-state index contributed by atoms with van der Waals surface area (Å²) < 4.78 is 0. The van der Waals surface area contributed by atoms with Crippen molar-refractivity contribution in [2.24, 2.45) is 0 Å². The first-order valence-electron chi connectivity index (χ1n) is 8.73. The van der Waals surface area contributed by atoms with Gasteiger partial charge in [-0.2, -0.15) is 0 Å². The molecule has 0 radical (unpaired) electrons. The number of benzene rings is 2. The second-order valence-electron chi connectivity index (χ2n) is 6.19. The number of nitrogens with one attached hydrogen (secondary N) is 2. The Morgan fingerprint density at radius 3 is 2.39 bits per heavy atom. The highest BCUT2D eigenvalue weighted by molar-refractivity contribution is 6.05. The van der Waals surface area contributed by atoms with E-state index in [2.05, 4.69) is 15.6 Å². The Balaban J connectivity index is 1.68. The number of nitrogens with zero attached hydrogens (tertiary/aromatic N) is 1. The number of pyridine rings is 1. The summed E-state index contributed by atoms with van der Waals surface area (Å²) in [7, 11) is 0. The second kappa shape index (κ2) is 8.73. The lowest BCUT2D eigenvalue weighted by Crippen LogP contribution is -2.23. The van der Waals surface area contributed by atoms with E-state index in [0.29, 0.717) is 23.4 Å². The fourth-order valence-corrected chi connectivity index (χ4v) is 2.59. The van der Waals surface area contributed by atoms with Crippen molar-refractivity contribution in [3.63, 3.8) is 0 Å². The molecule has 0 unspecified atom stereocenters. The number of ketones is 1.